The Bertz CT molecular complexity index is 404. The van der Waals surface area contributed by atoms with Crippen LogP contribution in [0.15, 0.2) is 18.2 Å². The van der Waals surface area contributed by atoms with Crippen molar-refractivity contribution in [3.63, 3.8) is 0 Å². The quantitative estimate of drug-likeness (QED) is 0.919. The fraction of sp³-hybridized carbons (Fsp3) is 0.538. The van der Waals surface area contributed by atoms with Crippen LogP contribution in [0.1, 0.15) is 11.6 Å². The number of ether oxygens (including phenoxy) is 1. The minimum atomic E-state index is -0.477. The van der Waals surface area contributed by atoms with E-state index in [2.05, 4.69) is 10.2 Å². The van der Waals surface area contributed by atoms with Gasteiger partial charge in [0.2, 0.25) is 0 Å². The van der Waals surface area contributed by atoms with Crippen molar-refractivity contribution in [1.82, 2.24) is 10.2 Å². The molecule has 0 unspecified atom stereocenters. The molecule has 2 rings (SSSR count). The molecule has 0 spiro atoms. The van der Waals surface area contributed by atoms with Gasteiger partial charge in [-0.05, 0) is 17.7 Å². The van der Waals surface area contributed by atoms with Crippen LogP contribution in [0.5, 0.6) is 5.75 Å². The van der Waals surface area contributed by atoms with Crippen molar-refractivity contribution in [3.8, 4) is 5.75 Å². The van der Waals surface area contributed by atoms with E-state index >= 15 is 0 Å². The molecule has 1 aromatic rings. The van der Waals surface area contributed by atoms with Gasteiger partial charge in [-0.1, -0.05) is 6.07 Å². The third kappa shape index (κ3) is 4.45. The fourth-order valence-corrected chi connectivity index (χ4v) is 2.27. The number of halogens is 4. The van der Waals surface area contributed by atoms with Crippen LogP contribution in [-0.4, -0.2) is 44.9 Å². The van der Waals surface area contributed by atoms with Gasteiger partial charge in [-0.15, -0.1) is 24.8 Å². The van der Waals surface area contributed by atoms with E-state index in [0.717, 1.165) is 31.7 Å². The molecule has 1 aliphatic heterocycles. The van der Waals surface area contributed by atoms with E-state index in [4.69, 9.17) is 4.74 Å². The zero-order valence-electron chi connectivity index (χ0n) is 11.3. The summed E-state index contributed by atoms with van der Waals surface area (Å²) in [5.41, 5.74) is 0.762. The highest BCUT2D eigenvalue weighted by Gasteiger charge is 2.22. The monoisotopic (exact) mass is 328 g/mol. The molecule has 3 nitrogen and oxygen atoms in total. The third-order valence-corrected chi connectivity index (χ3v) is 3.30. The highest BCUT2D eigenvalue weighted by molar-refractivity contribution is 5.85. The lowest BCUT2D eigenvalue weighted by atomic mass is 10.0. The van der Waals surface area contributed by atoms with Gasteiger partial charge < -0.3 is 10.1 Å². The maximum absolute atomic E-state index is 13.3. The van der Waals surface area contributed by atoms with Crippen LogP contribution in [0.2, 0.25) is 0 Å². The average molecular weight is 329 g/mol. The number of nitrogens with one attached hydrogen (secondary N) is 1. The summed E-state index contributed by atoms with van der Waals surface area (Å²) in [5, 5.41) is 3.23. The molecule has 1 aliphatic rings. The van der Waals surface area contributed by atoms with E-state index in [1.54, 1.807) is 12.1 Å². The van der Waals surface area contributed by atoms with Gasteiger partial charge >= 0.3 is 0 Å². The van der Waals surface area contributed by atoms with E-state index in [-0.39, 0.29) is 36.6 Å². The lowest BCUT2D eigenvalue weighted by molar-refractivity contribution is 0.147. The van der Waals surface area contributed by atoms with E-state index in [0.29, 0.717) is 0 Å². The maximum atomic E-state index is 13.3. The molecule has 0 aromatic heterocycles. The lowest BCUT2D eigenvalue weighted by Gasteiger charge is -2.33. The number of benzene rings is 1. The topological polar surface area (TPSA) is 24.5 Å². The molecule has 7 heteroatoms. The second-order valence-corrected chi connectivity index (χ2v) is 4.35. The van der Waals surface area contributed by atoms with Crippen LogP contribution >= 0.6 is 24.8 Å². The van der Waals surface area contributed by atoms with Crippen molar-refractivity contribution in [2.24, 2.45) is 0 Å². The van der Waals surface area contributed by atoms with Crippen molar-refractivity contribution in [3.05, 3.63) is 29.6 Å². The summed E-state index contributed by atoms with van der Waals surface area (Å²) in [4.78, 5) is 2.07. The molecule has 0 bridgehead atoms. The normalized spacial score (nSPS) is 16.8. The number of hydrogen-bond acceptors (Lipinski definition) is 3. The van der Waals surface area contributed by atoms with Crippen LogP contribution in [0.25, 0.3) is 0 Å². The first-order chi connectivity index (χ1) is 8.76. The van der Waals surface area contributed by atoms with E-state index < -0.39 is 12.5 Å². The summed E-state index contributed by atoms with van der Waals surface area (Å²) in [5.74, 6) is -0.250. The minimum absolute atomic E-state index is 0. The Morgan fingerprint density at radius 2 is 1.95 bits per heavy atom. The first-order valence-corrected chi connectivity index (χ1v) is 6.10. The van der Waals surface area contributed by atoms with Crippen molar-refractivity contribution < 1.29 is 13.5 Å². The summed E-state index contributed by atoms with van der Waals surface area (Å²) >= 11 is 0. The molecule has 0 amide bonds. The number of piperazine rings is 1. The van der Waals surface area contributed by atoms with Crippen LogP contribution in [0.4, 0.5) is 8.78 Å². The lowest BCUT2D eigenvalue weighted by Crippen LogP contribution is -2.45. The standard InChI is InChI=1S/C13H18F2N2O.2ClH/c1-18-13-8-10(2-3-11(13)15)12(9-14)17-6-4-16-5-7-17;;/h2-3,8,12,16H,4-7,9H2,1H3;2*1H/t12-;;/m1../s1. The largest absolute Gasteiger partial charge is 0.494 e. The molecular weight excluding hydrogens is 309 g/mol. The van der Waals surface area contributed by atoms with Gasteiger partial charge in [0.05, 0.1) is 13.2 Å². The van der Waals surface area contributed by atoms with Gasteiger partial charge in [0, 0.05) is 26.2 Å². The van der Waals surface area contributed by atoms with Crippen LogP contribution in [-0.2, 0) is 0 Å². The Labute approximate surface area is 130 Å². The Hall–Kier alpha value is -0.620. The number of methoxy groups -OCH3 is 1. The predicted octanol–water partition coefficient (Wildman–Crippen LogP) is 2.59. The van der Waals surface area contributed by atoms with Crippen LogP contribution < -0.4 is 10.1 Å². The third-order valence-electron chi connectivity index (χ3n) is 3.30. The number of hydrogen-bond donors (Lipinski definition) is 1. The molecule has 0 aliphatic carbocycles. The number of nitrogens with zero attached hydrogens (tertiary/aromatic N) is 1. The molecule has 20 heavy (non-hydrogen) atoms. The molecular formula is C13H20Cl2F2N2O. The molecule has 1 saturated heterocycles. The molecule has 1 fully saturated rings. The van der Waals surface area contributed by atoms with E-state index in [1.807, 2.05) is 0 Å². The van der Waals surface area contributed by atoms with Crippen LogP contribution in [0.3, 0.4) is 0 Å². The molecule has 0 saturated carbocycles. The van der Waals surface area contributed by atoms with Gasteiger partial charge in [-0.25, -0.2) is 8.78 Å². The van der Waals surface area contributed by atoms with Crippen molar-refractivity contribution in [1.29, 1.82) is 0 Å². The molecule has 0 radical (unpaired) electrons. The first-order valence-electron chi connectivity index (χ1n) is 6.10. The average Bonchev–Trinajstić information content (AvgIpc) is 2.42. The summed E-state index contributed by atoms with van der Waals surface area (Å²) < 4.78 is 31.5. The molecule has 116 valence electrons. The SMILES string of the molecule is COc1cc([C@@H](CF)N2CCNCC2)ccc1F.Cl.Cl. The maximum Gasteiger partial charge on any atom is 0.165 e. The number of rotatable bonds is 4. The minimum Gasteiger partial charge on any atom is -0.494 e. The second kappa shape index (κ2) is 9.34. The smallest absolute Gasteiger partial charge is 0.165 e. The van der Waals surface area contributed by atoms with Crippen LogP contribution in [0, 0.1) is 5.82 Å². The van der Waals surface area contributed by atoms with Gasteiger partial charge in [-0.3, -0.25) is 4.90 Å². The highest BCUT2D eigenvalue weighted by atomic mass is 35.5. The van der Waals surface area contributed by atoms with Gasteiger partial charge in [0.15, 0.2) is 11.6 Å². The zero-order chi connectivity index (χ0) is 13.0. The Balaban J connectivity index is 0.00000180. The highest BCUT2D eigenvalue weighted by Crippen LogP contribution is 2.27. The van der Waals surface area contributed by atoms with E-state index in [9.17, 15) is 8.78 Å². The van der Waals surface area contributed by atoms with Gasteiger partial charge in [-0.2, -0.15) is 0 Å². The molecule has 1 aromatic carbocycles. The fourth-order valence-electron chi connectivity index (χ4n) is 2.27. The van der Waals surface area contributed by atoms with Gasteiger partial charge in [0.1, 0.15) is 6.67 Å². The first kappa shape index (κ1) is 19.4. The molecule has 1 atom stereocenters. The predicted molar refractivity (Wildman–Crippen MR) is 80.6 cm³/mol. The number of alkyl halides is 1. The summed E-state index contributed by atoms with van der Waals surface area (Å²) in [7, 11) is 1.41. The second-order valence-electron chi connectivity index (χ2n) is 4.35. The Morgan fingerprint density at radius 3 is 2.50 bits per heavy atom. The van der Waals surface area contributed by atoms with Gasteiger partial charge in [0.25, 0.3) is 0 Å². The van der Waals surface area contributed by atoms with Crippen molar-refractivity contribution in [2.75, 3.05) is 40.0 Å². The van der Waals surface area contributed by atoms with E-state index in [1.165, 1.54) is 13.2 Å². The molecule has 1 N–H and O–H groups in total. The Morgan fingerprint density at radius 1 is 1.30 bits per heavy atom. The van der Waals surface area contributed by atoms with Crippen molar-refractivity contribution in [2.45, 2.75) is 6.04 Å². The summed E-state index contributed by atoms with van der Waals surface area (Å²) in [6.45, 7) is 2.83. The molecule has 1 heterocycles. The Kier molecular flexibility index (Phi) is 9.05. The summed E-state index contributed by atoms with van der Waals surface area (Å²) in [6, 6.07) is 4.23. The summed E-state index contributed by atoms with van der Waals surface area (Å²) in [6.07, 6.45) is 0. The zero-order valence-corrected chi connectivity index (χ0v) is 12.9. The van der Waals surface area contributed by atoms with Crippen molar-refractivity contribution >= 4 is 24.8 Å².